The summed E-state index contributed by atoms with van der Waals surface area (Å²) in [6.07, 6.45) is 1.61. The molecule has 0 bridgehead atoms. The zero-order chi connectivity index (χ0) is 51.5. The molecule has 75 heavy (non-hydrogen) atoms. The number of nitrogens with one attached hydrogen (secondary N) is 1. The number of nitrogens with zero attached hydrogens (tertiary/aromatic N) is 9. The van der Waals surface area contributed by atoms with Crippen LogP contribution in [0.1, 0.15) is 77.9 Å². The van der Waals surface area contributed by atoms with Crippen LogP contribution in [0.3, 0.4) is 0 Å². The predicted molar refractivity (Wildman–Crippen MR) is 267 cm³/mol. The van der Waals surface area contributed by atoms with Crippen LogP contribution in [-0.4, -0.2) is 63.6 Å². The Morgan fingerprint density at radius 1 is 0.720 bits per heavy atom. The van der Waals surface area contributed by atoms with Crippen LogP contribution in [0.5, 0.6) is 0 Å². The molecule has 0 amide bonds. The first kappa shape index (κ1) is 63.4. The molecule has 4 aromatic heterocycles. The molecule has 8 rings (SSSR count). The van der Waals surface area contributed by atoms with Gasteiger partial charge in [-0.05, 0) is 98.3 Å². The molecule has 0 spiro atoms. The number of hydrogen-bond acceptors (Lipinski definition) is 20. The molecule has 4 heterocycles. The second kappa shape index (κ2) is 24.7. The van der Waals surface area contributed by atoms with Gasteiger partial charge < -0.3 is 19.0 Å². The number of azo groups is 1. The van der Waals surface area contributed by atoms with Gasteiger partial charge in [-0.1, -0.05) is 81.9 Å². The molecule has 368 valence electrons. The third-order valence-corrected chi connectivity index (χ3v) is 16.3. The quantitative estimate of drug-likeness (QED) is 0.0503. The molecule has 0 atom stereocenters. The van der Waals surface area contributed by atoms with Crippen molar-refractivity contribution < 1.29 is 114 Å². The summed E-state index contributed by atoms with van der Waals surface area (Å²) in [5.41, 5.74) is 6.40. The van der Waals surface area contributed by atoms with Gasteiger partial charge in [0, 0.05) is 0 Å². The normalized spacial score (nSPS) is 11.7. The number of hydrogen-bond donors (Lipinski definition) is 1. The third kappa shape index (κ3) is 12.7. The van der Waals surface area contributed by atoms with Gasteiger partial charge in [0.1, 0.15) is 59.3 Å². The van der Waals surface area contributed by atoms with Crippen molar-refractivity contribution in [1.82, 2.24) is 24.7 Å². The van der Waals surface area contributed by atoms with Crippen molar-refractivity contribution in [2.24, 2.45) is 10.2 Å². The van der Waals surface area contributed by atoms with Crippen LogP contribution in [0.2, 0.25) is 0 Å². The summed E-state index contributed by atoms with van der Waals surface area (Å²) in [5, 5.41) is 28.2. The van der Waals surface area contributed by atoms with Crippen LogP contribution in [0.25, 0.3) is 25.6 Å². The molecule has 0 saturated carbocycles. The van der Waals surface area contributed by atoms with Gasteiger partial charge in [-0.2, -0.15) is 32.7 Å². The molecule has 0 radical (unpaired) electrons. The molecular formula is C47H42Li4N10O9S5. The molecule has 0 unspecified atom stereocenters. The van der Waals surface area contributed by atoms with E-state index in [-0.39, 0.29) is 138 Å². The van der Waals surface area contributed by atoms with E-state index < -0.39 is 45.0 Å². The zero-order valence-electron chi connectivity index (χ0n) is 43.3. The van der Waals surface area contributed by atoms with Crippen LogP contribution in [0.15, 0.2) is 79.5 Å². The zero-order valence-corrected chi connectivity index (χ0v) is 47.3. The molecule has 4 aromatic carbocycles. The van der Waals surface area contributed by atoms with Crippen LogP contribution in [0.4, 0.5) is 39.6 Å². The third-order valence-electron chi connectivity index (χ3n) is 11.6. The van der Waals surface area contributed by atoms with Crippen molar-refractivity contribution >= 4 is 113 Å². The van der Waals surface area contributed by atoms with Crippen molar-refractivity contribution in [2.75, 3.05) is 10.2 Å². The Kier molecular flexibility index (Phi) is 20.8. The van der Waals surface area contributed by atoms with E-state index in [0.717, 1.165) is 51.5 Å². The molecule has 19 nitrogen and oxygen atoms in total. The Bertz CT molecular complexity index is 3910. The largest absolute Gasteiger partial charge is 1.00 e. The number of benzene rings is 4. The average molecular weight is 1080 g/mol. The summed E-state index contributed by atoms with van der Waals surface area (Å²) in [5.74, 6) is 0.287. The molecule has 8 aromatic rings. The number of anilines is 5. The van der Waals surface area contributed by atoms with Crippen LogP contribution >= 0.6 is 22.7 Å². The molecule has 0 aliphatic rings. The molecular weight excluding hydrogens is 1040 g/mol. The van der Waals surface area contributed by atoms with Crippen LogP contribution in [-0.2, 0) is 56.0 Å². The van der Waals surface area contributed by atoms with Gasteiger partial charge in [-0.15, -0.1) is 21.4 Å². The topological polar surface area (TPSA) is 292 Å². The Hall–Kier alpha value is -4.17. The van der Waals surface area contributed by atoms with E-state index in [1.807, 2.05) is 33.8 Å². The number of aromatic nitrogens is 5. The molecule has 0 aliphatic heterocycles. The summed E-state index contributed by atoms with van der Waals surface area (Å²) in [4.78, 5) is 15.0. The summed E-state index contributed by atoms with van der Waals surface area (Å²) in [7, 11) is -14.7. The summed E-state index contributed by atoms with van der Waals surface area (Å²) in [6, 6.07) is 18.4. The van der Waals surface area contributed by atoms with E-state index in [1.54, 1.807) is 44.7 Å². The second-order valence-corrected chi connectivity index (χ2v) is 22.4. The van der Waals surface area contributed by atoms with Gasteiger partial charge in [0.25, 0.3) is 0 Å². The Morgan fingerprint density at radius 2 is 1.32 bits per heavy atom. The van der Waals surface area contributed by atoms with E-state index in [2.05, 4.69) is 32.6 Å². The van der Waals surface area contributed by atoms with Gasteiger partial charge in [0.15, 0.2) is 10.9 Å². The fourth-order valence-electron chi connectivity index (χ4n) is 8.38. The molecule has 0 saturated heterocycles. The van der Waals surface area contributed by atoms with E-state index >= 15 is 0 Å². The number of pyridine rings is 1. The van der Waals surface area contributed by atoms with Gasteiger partial charge in [-0.3, -0.25) is 4.90 Å². The summed E-state index contributed by atoms with van der Waals surface area (Å²) in [6.45, 7) is 14.4. The average Bonchev–Trinajstić information content (AvgIpc) is 4.02. The minimum absolute atomic E-state index is 0. The van der Waals surface area contributed by atoms with Crippen LogP contribution in [0, 0.1) is 45.1 Å². The molecule has 28 heteroatoms. The van der Waals surface area contributed by atoms with Crippen molar-refractivity contribution in [3.8, 4) is 11.2 Å². The van der Waals surface area contributed by atoms with E-state index in [9.17, 15) is 44.2 Å². The van der Waals surface area contributed by atoms with Gasteiger partial charge in [0.2, 0.25) is 5.13 Å². The molecule has 1 N–H and O–H groups in total. The Balaban J connectivity index is 0.00000304. The minimum atomic E-state index is -5.06. The fraction of sp³-hybridized carbons (Fsp3) is 0.255. The predicted octanol–water partition coefficient (Wildman–Crippen LogP) is -2.00. The maximum atomic E-state index is 13.1. The minimum Gasteiger partial charge on any atom is -0.744 e. The van der Waals surface area contributed by atoms with E-state index in [0.29, 0.717) is 62.2 Å². The SMILES string of the molecule is CCc1[c-]c(C)cc(CC)c1Nc1nc(N(c2nc3ccc(S(=O)(=O)[O-])cc3s2)c2c(CC)cc(C)c(S(=O)(=O)[O-])c2CC)cc(C)c1N=Nc1c(C#N)c(C)nn1-c1nc2ccc(S(=O)(=O)[O-])cc2s1.[Li+].[Li+].[Li+].[Li+]. The number of nitriles is 1. The Morgan fingerprint density at radius 3 is 1.87 bits per heavy atom. The monoisotopic (exact) mass is 1080 g/mol. The van der Waals surface area contributed by atoms with Gasteiger partial charge >= 0.3 is 75.4 Å². The number of rotatable bonds is 15. The van der Waals surface area contributed by atoms with Crippen LogP contribution < -0.4 is 85.7 Å². The summed E-state index contributed by atoms with van der Waals surface area (Å²) < 4.78 is 113. The first-order chi connectivity index (χ1) is 33.5. The standard InChI is InChI=1S/C47H45N10O9S5.4Li/c1-9-28-17-24(5)18-29(10-2)41(28)52-44-40(53-54-45-34(23-48)27(8)55-57(45)47-50-36-16-14-32(70(61,62)63)22-38(36)68-47)25(6)20-39(51-44)56(46-49-35-15-13-31(69(58,59)60)21-37(35)67-46)42-30(11-3)19-26(7)43(33(42)12-4)71(64,65)66;;;;/h13-17,19-22H,9-12H2,1-8H3,(H,51,52)(H,58,59,60)(H,61,62,63)(H,64,65,66);;;;/q-1;4*+1/p-3. The Labute approximate surface area is 491 Å². The maximum absolute atomic E-state index is 13.1. The van der Waals surface area contributed by atoms with Gasteiger partial charge in [-0.25, -0.2) is 40.2 Å². The van der Waals surface area contributed by atoms with E-state index in [4.69, 9.17) is 15.1 Å². The van der Waals surface area contributed by atoms with Crippen molar-refractivity contribution in [1.29, 1.82) is 5.26 Å². The number of fused-ring (bicyclic) bond motifs is 2. The van der Waals surface area contributed by atoms with Crippen molar-refractivity contribution in [3.05, 3.63) is 111 Å². The maximum Gasteiger partial charge on any atom is 1.00 e. The smallest absolute Gasteiger partial charge is 0.744 e. The van der Waals surface area contributed by atoms with Crippen molar-refractivity contribution in [3.63, 3.8) is 0 Å². The van der Waals surface area contributed by atoms with Crippen molar-refractivity contribution in [2.45, 2.75) is 95.8 Å². The number of aryl methyl sites for hydroxylation is 7. The number of thiazole rings is 2. The fourth-order valence-corrected chi connectivity index (χ4v) is 12.5. The first-order valence-corrected chi connectivity index (χ1v) is 27.7. The summed E-state index contributed by atoms with van der Waals surface area (Å²) >= 11 is 2.03. The first-order valence-electron chi connectivity index (χ1n) is 21.9. The molecule has 0 aliphatic carbocycles. The van der Waals surface area contributed by atoms with Gasteiger partial charge in [0.05, 0.1) is 46.5 Å². The molecule has 0 fully saturated rings. The van der Waals surface area contributed by atoms with E-state index in [1.165, 1.54) is 28.9 Å². The second-order valence-electron chi connectivity index (χ2n) is 16.3.